The molecule has 0 aromatic rings. The van der Waals surface area contributed by atoms with Crippen molar-refractivity contribution in [2.45, 2.75) is 37.9 Å². The van der Waals surface area contributed by atoms with E-state index in [1.54, 1.807) is 0 Å². The second-order valence-electron chi connectivity index (χ2n) is 3.55. The second-order valence-corrected chi connectivity index (χ2v) is 3.55. The molecule has 0 amide bonds. The predicted octanol–water partition coefficient (Wildman–Crippen LogP) is -0.595. The molecule has 72 valence electrons. The minimum atomic E-state index is -0.814. The lowest BCUT2D eigenvalue weighted by Gasteiger charge is -2.39. The average Bonchev–Trinajstić information content (AvgIpc) is 1.82. The standard InChI is InChI=1S/C8H17NO3/c1-5-8(9(2)3)6(10)4-7(11)12-5/h5-8,10-11H,4H2,1-3H3/t5-,6-,7?,8+/m0/s1. The molecule has 4 atom stereocenters. The molecule has 4 heteroatoms. The second kappa shape index (κ2) is 3.70. The first kappa shape index (κ1) is 9.92. The Kier molecular flexibility index (Phi) is 3.06. The molecule has 1 unspecified atom stereocenters. The summed E-state index contributed by atoms with van der Waals surface area (Å²) in [6, 6.07) is -0.0200. The van der Waals surface area contributed by atoms with E-state index in [1.165, 1.54) is 0 Å². The smallest absolute Gasteiger partial charge is 0.157 e. The first-order valence-electron chi connectivity index (χ1n) is 4.20. The fourth-order valence-corrected chi connectivity index (χ4v) is 1.81. The molecule has 1 rings (SSSR count). The van der Waals surface area contributed by atoms with Crippen molar-refractivity contribution in [1.29, 1.82) is 0 Å². The monoisotopic (exact) mass is 175 g/mol. The molecule has 0 aromatic carbocycles. The normalized spacial score (nSPS) is 43.5. The summed E-state index contributed by atoms with van der Waals surface area (Å²) in [6.45, 7) is 1.86. The highest BCUT2D eigenvalue weighted by Gasteiger charge is 2.35. The summed E-state index contributed by atoms with van der Waals surface area (Å²) in [5.41, 5.74) is 0. The third-order valence-corrected chi connectivity index (χ3v) is 2.29. The maximum absolute atomic E-state index is 9.60. The van der Waals surface area contributed by atoms with Crippen LogP contribution in [0.3, 0.4) is 0 Å². The van der Waals surface area contributed by atoms with Gasteiger partial charge in [0.2, 0.25) is 0 Å². The van der Waals surface area contributed by atoms with Crippen LogP contribution in [0.15, 0.2) is 0 Å². The number of aliphatic hydroxyl groups excluding tert-OH is 2. The van der Waals surface area contributed by atoms with Crippen LogP contribution in [-0.4, -0.2) is 53.7 Å². The van der Waals surface area contributed by atoms with Gasteiger partial charge in [-0.1, -0.05) is 0 Å². The van der Waals surface area contributed by atoms with Crippen molar-refractivity contribution >= 4 is 0 Å². The molecule has 0 saturated carbocycles. The fraction of sp³-hybridized carbons (Fsp3) is 1.00. The molecule has 1 heterocycles. The van der Waals surface area contributed by atoms with E-state index >= 15 is 0 Å². The van der Waals surface area contributed by atoms with Crippen LogP contribution in [-0.2, 0) is 4.74 Å². The van der Waals surface area contributed by atoms with Gasteiger partial charge in [-0.05, 0) is 21.0 Å². The van der Waals surface area contributed by atoms with Crippen LogP contribution in [0, 0.1) is 0 Å². The van der Waals surface area contributed by atoms with Crippen molar-refractivity contribution in [3.63, 3.8) is 0 Å². The Balaban J connectivity index is 2.60. The molecule has 1 aliphatic rings. The van der Waals surface area contributed by atoms with Gasteiger partial charge < -0.3 is 19.8 Å². The third kappa shape index (κ3) is 1.95. The number of nitrogens with zero attached hydrogens (tertiary/aromatic N) is 1. The quantitative estimate of drug-likeness (QED) is 0.559. The van der Waals surface area contributed by atoms with Crippen molar-refractivity contribution in [2.24, 2.45) is 0 Å². The third-order valence-electron chi connectivity index (χ3n) is 2.29. The van der Waals surface area contributed by atoms with Crippen molar-refractivity contribution in [1.82, 2.24) is 4.90 Å². The molecule has 0 aromatic heterocycles. The number of ether oxygens (including phenoxy) is 1. The number of hydrogen-bond donors (Lipinski definition) is 2. The van der Waals surface area contributed by atoms with Gasteiger partial charge in [-0.2, -0.15) is 0 Å². The summed E-state index contributed by atoms with van der Waals surface area (Å²) < 4.78 is 5.18. The lowest BCUT2D eigenvalue weighted by molar-refractivity contribution is -0.209. The molecule has 1 aliphatic heterocycles. The first-order valence-corrected chi connectivity index (χ1v) is 4.20. The topological polar surface area (TPSA) is 52.9 Å². The first-order chi connectivity index (χ1) is 5.52. The molecule has 1 saturated heterocycles. The Morgan fingerprint density at radius 2 is 1.92 bits per heavy atom. The molecular formula is C8H17NO3. The zero-order valence-electron chi connectivity index (χ0n) is 7.77. The van der Waals surface area contributed by atoms with Crippen molar-refractivity contribution in [2.75, 3.05) is 14.1 Å². The van der Waals surface area contributed by atoms with Crippen LogP contribution in [0.25, 0.3) is 0 Å². The molecule has 1 fully saturated rings. The maximum Gasteiger partial charge on any atom is 0.157 e. The van der Waals surface area contributed by atoms with E-state index in [0.29, 0.717) is 6.42 Å². The molecule has 0 bridgehead atoms. The Morgan fingerprint density at radius 3 is 2.33 bits per heavy atom. The predicted molar refractivity (Wildman–Crippen MR) is 44.7 cm³/mol. The fourth-order valence-electron chi connectivity index (χ4n) is 1.81. The number of hydrogen-bond acceptors (Lipinski definition) is 4. The SMILES string of the molecule is C[C@@H]1OC(O)C[C@H](O)[C@@H]1N(C)C. The molecular weight excluding hydrogens is 158 g/mol. The maximum atomic E-state index is 9.60. The highest BCUT2D eigenvalue weighted by Crippen LogP contribution is 2.21. The van der Waals surface area contributed by atoms with Gasteiger partial charge in [0.15, 0.2) is 6.29 Å². The van der Waals surface area contributed by atoms with E-state index in [4.69, 9.17) is 9.84 Å². The van der Waals surface area contributed by atoms with E-state index in [-0.39, 0.29) is 12.1 Å². The summed E-state index contributed by atoms with van der Waals surface area (Å²) in [4.78, 5) is 1.92. The van der Waals surface area contributed by atoms with Crippen LogP contribution in [0.4, 0.5) is 0 Å². The van der Waals surface area contributed by atoms with Gasteiger partial charge >= 0.3 is 0 Å². The van der Waals surface area contributed by atoms with Gasteiger partial charge in [0.05, 0.1) is 18.2 Å². The van der Waals surface area contributed by atoms with Crippen LogP contribution < -0.4 is 0 Å². The van der Waals surface area contributed by atoms with Gasteiger partial charge in [-0.25, -0.2) is 0 Å². The molecule has 0 radical (unpaired) electrons. The average molecular weight is 175 g/mol. The van der Waals surface area contributed by atoms with Gasteiger partial charge in [0, 0.05) is 6.42 Å². The van der Waals surface area contributed by atoms with Crippen LogP contribution in [0.5, 0.6) is 0 Å². The van der Waals surface area contributed by atoms with E-state index in [2.05, 4.69) is 0 Å². The van der Waals surface area contributed by atoms with E-state index in [0.717, 1.165) is 0 Å². The zero-order chi connectivity index (χ0) is 9.30. The zero-order valence-corrected chi connectivity index (χ0v) is 7.77. The number of likely N-dealkylation sites (N-methyl/N-ethyl adjacent to an activating group) is 1. The largest absolute Gasteiger partial charge is 0.391 e. The molecule has 2 N–H and O–H groups in total. The summed E-state index contributed by atoms with van der Waals surface area (Å²) in [7, 11) is 3.79. The highest BCUT2D eigenvalue weighted by atomic mass is 16.6. The van der Waals surface area contributed by atoms with E-state index in [9.17, 15) is 5.11 Å². The van der Waals surface area contributed by atoms with Crippen molar-refractivity contribution < 1.29 is 14.9 Å². The molecule has 12 heavy (non-hydrogen) atoms. The van der Waals surface area contributed by atoms with Crippen LogP contribution in [0.2, 0.25) is 0 Å². The highest BCUT2D eigenvalue weighted by molar-refractivity contribution is 4.85. The van der Waals surface area contributed by atoms with E-state index < -0.39 is 12.4 Å². The summed E-state index contributed by atoms with van der Waals surface area (Å²) in [6.07, 6.45) is -1.14. The minimum Gasteiger partial charge on any atom is -0.391 e. The lowest BCUT2D eigenvalue weighted by Crippen LogP contribution is -2.53. The lowest BCUT2D eigenvalue weighted by atomic mass is 9.99. The Bertz CT molecular complexity index is 139. The Morgan fingerprint density at radius 1 is 1.33 bits per heavy atom. The van der Waals surface area contributed by atoms with Gasteiger partial charge in [0.1, 0.15) is 0 Å². The van der Waals surface area contributed by atoms with E-state index in [1.807, 2.05) is 25.9 Å². The summed E-state index contributed by atoms with van der Waals surface area (Å²) >= 11 is 0. The van der Waals surface area contributed by atoms with Crippen molar-refractivity contribution in [3.05, 3.63) is 0 Å². The molecule has 0 aliphatic carbocycles. The number of rotatable bonds is 1. The number of aliphatic hydroxyl groups is 2. The molecule has 0 spiro atoms. The van der Waals surface area contributed by atoms with Crippen molar-refractivity contribution in [3.8, 4) is 0 Å². The summed E-state index contributed by atoms with van der Waals surface area (Å²) in [5.74, 6) is 0. The van der Waals surface area contributed by atoms with Gasteiger partial charge in [-0.15, -0.1) is 0 Å². The van der Waals surface area contributed by atoms with Gasteiger partial charge in [-0.3, -0.25) is 0 Å². The van der Waals surface area contributed by atoms with Crippen LogP contribution in [0.1, 0.15) is 13.3 Å². The Labute approximate surface area is 72.7 Å². The minimum absolute atomic E-state index is 0.0200. The van der Waals surface area contributed by atoms with Gasteiger partial charge in [0.25, 0.3) is 0 Å². The Hall–Kier alpha value is -0.160. The summed E-state index contributed by atoms with van der Waals surface area (Å²) in [5, 5.41) is 18.7. The van der Waals surface area contributed by atoms with Crippen LogP contribution >= 0.6 is 0 Å². The molecule has 4 nitrogen and oxygen atoms in total.